The number of ether oxygens (including phenoxy) is 1. The zero-order valence-electron chi connectivity index (χ0n) is 17.3. The fourth-order valence-electron chi connectivity index (χ4n) is 4.49. The Balaban J connectivity index is 1.12. The van der Waals surface area contributed by atoms with Crippen molar-refractivity contribution in [1.82, 2.24) is 9.80 Å². The summed E-state index contributed by atoms with van der Waals surface area (Å²) >= 11 is 0. The minimum atomic E-state index is 0.137. The zero-order chi connectivity index (χ0) is 20.3. The average molecular weight is 405 g/mol. The first kappa shape index (κ1) is 19.2. The van der Waals surface area contributed by atoms with Gasteiger partial charge in [0.1, 0.15) is 23.2 Å². The highest BCUT2D eigenvalue weighted by Gasteiger charge is 2.22. The first-order valence-corrected chi connectivity index (χ1v) is 11.0. The number of amides is 1. The Hall–Kier alpha value is -2.79. The molecule has 0 spiro atoms. The van der Waals surface area contributed by atoms with Gasteiger partial charge in [0.25, 0.3) is 5.91 Å². The van der Waals surface area contributed by atoms with Gasteiger partial charge in [-0.15, -0.1) is 0 Å². The topological polar surface area (TPSA) is 45.9 Å². The molecule has 1 amide bonds. The Labute approximate surface area is 177 Å². The van der Waals surface area contributed by atoms with Crippen LogP contribution < -0.4 is 4.74 Å². The summed E-state index contributed by atoms with van der Waals surface area (Å²) in [6.07, 6.45) is 4.44. The van der Waals surface area contributed by atoms with Crippen molar-refractivity contribution in [3.63, 3.8) is 0 Å². The van der Waals surface area contributed by atoms with Gasteiger partial charge in [-0.1, -0.05) is 18.2 Å². The van der Waals surface area contributed by atoms with E-state index in [0.717, 1.165) is 86.4 Å². The Morgan fingerprint density at radius 3 is 2.43 bits per heavy atom. The van der Waals surface area contributed by atoms with Gasteiger partial charge >= 0.3 is 0 Å². The van der Waals surface area contributed by atoms with E-state index in [2.05, 4.69) is 17.0 Å². The fourth-order valence-corrected chi connectivity index (χ4v) is 4.49. The third-order valence-electron chi connectivity index (χ3n) is 6.19. The lowest BCUT2D eigenvalue weighted by molar-refractivity contribution is 0.0792. The lowest BCUT2D eigenvalue weighted by Gasteiger charge is -2.31. The highest BCUT2D eigenvalue weighted by atomic mass is 16.5. The lowest BCUT2D eigenvalue weighted by atomic mass is 10.1. The number of nitrogens with zero attached hydrogens (tertiary/aromatic N) is 2. The van der Waals surface area contributed by atoms with Gasteiger partial charge in [-0.05, 0) is 62.1 Å². The molecule has 0 radical (unpaired) electrons. The summed E-state index contributed by atoms with van der Waals surface area (Å²) in [7, 11) is 0. The van der Waals surface area contributed by atoms with Crippen molar-refractivity contribution in [3.05, 3.63) is 65.9 Å². The summed E-state index contributed by atoms with van der Waals surface area (Å²) in [6, 6.07) is 18.0. The molecule has 5 heteroatoms. The number of carbonyl (C=O) groups is 1. The summed E-state index contributed by atoms with van der Waals surface area (Å²) in [5, 5.41) is 1.16. The maximum Gasteiger partial charge on any atom is 0.253 e. The van der Waals surface area contributed by atoms with Gasteiger partial charge in [-0.2, -0.15) is 0 Å². The molecule has 0 aliphatic carbocycles. The molecule has 30 heavy (non-hydrogen) atoms. The monoisotopic (exact) mass is 404 g/mol. The van der Waals surface area contributed by atoms with E-state index in [9.17, 15) is 4.79 Å². The van der Waals surface area contributed by atoms with E-state index >= 15 is 0 Å². The molecule has 3 aromatic rings. The van der Waals surface area contributed by atoms with Gasteiger partial charge in [0.15, 0.2) is 0 Å². The van der Waals surface area contributed by atoms with E-state index in [-0.39, 0.29) is 12.0 Å². The third kappa shape index (κ3) is 4.21. The molecule has 0 N–H and O–H groups in total. The molecule has 2 saturated heterocycles. The number of likely N-dealkylation sites (tertiary alicyclic amines) is 2. The Morgan fingerprint density at radius 1 is 0.967 bits per heavy atom. The SMILES string of the molecule is O=C(c1ccc(OC2CCN(Cc3cc4ccccc4o3)CC2)cc1)N1CCCC1. The van der Waals surface area contributed by atoms with E-state index in [1.54, 1.807) is 0 Å². The van der Waals surface area contributed by atoms with Crippen LogP contribution in [0.1, 0.15) is 41.8 Å². The predicted octanol–water partition coefficient (Wildman–Crippen LogP) is 4.71. The largest absolute Gasteiger partial charge is 0.490 e. The van der Waals surface area contributed by atoms with E-state index in [0.29, 0.717) is 0 Å². The zero-order valence-corrected chi connectivity index (χ0v) is 17.3. The first-order chi connectivity index (χ1) is 14.7. The number of fused-ring (bicyclic) bond motifs is 1. The quantitative estimate of drug-likeness (QED) is 0.618. The van der Waals surface area contributed by atoms with Gasteiger partial charge in [-0.3, -0.25) is 9.69 Å². The van der Waals surface area contributed by atoms with Gasteiger partial charge < -0.3 is 14.1 Å². The highest BCUT2D eigenvalue weighted by molar-refractivity contribution is 5.94. The average Bonchev–Trinajstić information content (AvgIpc) is 3.45. The molecule has 2 aromatic carbocycles. The molecular formula is C25H28N2O3. The maximum atomic E-state index is 12.5. The number of furan rings is 1. The molecule has 0 bridgehead atoms. The minimum Gasteiger partial charge on any atom is -0.490 e. The molecule has 3 heterocycles. The van der Waals surface area contributed by atoms with Gasteiger partial charge in [0.05, 0.1) is 6.54 Å². The van der Waals surface area contributed by atoms with Crippen molar-refractivity contribution in [3.8, 4) is 5.75 Å². The number of rotatable bonds is 5. The summed E-state index contributed by atoms with van der Waals surface area (Å²) in [4.78, 5) is 16.8. The second kappa shape index (κ2) is 8.52. The second-order valence-electron chi connectivity index (χ2n) is 8.37. The van der Waals surface area contributed by atoms with Crippen molar-refractivity contribution in [2.75, 3.05) is 26.2 Å². The third-order valence-corrected chi connectivity index (χ3v) is 6.19. The molecule has 156 valence electrons. The smallest absolute Gasteiger partial charge is 0.253 e. The molecule has 5 rings (SSSR count). The summed E-state index contributed by atoms with van der Waals surface area (Å²) in [6.45, 7) is 4.59. The van der Waals surface area contributed by atoms with E-state index < -0.39 is 0 Å². The van der Waals surface area contributed by atoms with Crippen molar-refractivity contribution >= 4 is 16.9 Å². The summed E-state index contributed by atoms with van der Waals surface area (Å²) in [5.74, 6) is 2.01. The van der Waals surface area contributed by atoms with Crippen molar-refractivity contribution in [2.45, 2.75) is 38.3 Å². The van der Waals surface area contributed by atoms with Crippen LogP contribution in [0.5, 0.6) is 5.75 Å². The molecule has 1 aromatic heterocycles. The molecule has 0 saturated carbocycles. The molecule has 2 aliphatic rings. The number of para-hydroxylation sites is 1. The number of benzene rings is 2. The Kier molecular flexibility index (Phi) is 5.45. The van der Waals surface area contributed by atoms with Crippen molar-refractivity contribution in [1.29, 1.82) is 0 Å². The first-order valence-electron chi connectivity index (χ1n) is 11.0. The molecule has 2 aliphatic heterocycles. The maximum absolute atomic E-state index is 12.5. The molecule has 0 atom stereocenters. The normalized spacial score (nSPS) is 18.2. The highest BCUT2D eigenvalue weighted by Crippen LogP contribution is 2.24. The van der Waals surface area contributed by atoms with Crippen LogP contribution in [0.25, 0.3) is 11.0 Å². The molecule has 5 nitrogen and oxygen atoms in total. The molecule has 2 fully saturated rings. The van der Waals surface area contributed by atoms with Gasteiger partial charge in [0.2, 0.25) is 0 Å². The fraction of sp³-hybridized carbons (Fsp3) is 0.400. The second-order valence-corrected chi connectivity index (χ2v) is 8.37. The van der Waals surface area contributed by atoms with Crippen molar-refractivity contribution < 1.29 is 13.9 Å². The molecular weight excluding hydrogens is 376 g/mol. The minimum absolute atomic E-state index is 0.137. The number of hydrogen-bond acceptors (Lipinski definition) is 4. The van der Waals surface area contributed by atoms with Crippen LogP contribution in [0.2, 0.25) is 0 Å². The van der Waals surface area contributed by atoms with E-state index in [4.69, 9.17) is 9.15 Å². The van der Waals surface area contributed by atoms with Crippen LogP contribution in [-0.2, 0) is 6.54 Å². The van der Waals surface area contributed by atoms with Crippen LogP contribution in [0.15, 0.2) is 59.0 Å². The standard InChI is InChI=1S/C25H28N2O3/c28-25(27-13-3-4-14-27)19-7-9-21(10-8-19)29-22-11-15-26(16-12-22)18-23-17-20-5-1-2-6-24(20)30-23/h1-2,5-10,17,22H,3-4,11-16,18H2. The van der Waals surface area contributed by atoms with Crippen LogP contribution in [-0.4, -0.2) is 48.0 Å². The van der Waals surface area contributed by atoms with Crippen molar-refractivity contribution in [2.24, 2.45) is 0 Å². The Morgan fingerprint density at radius 2 is 1.70 bits per heavy atom. The lowest BCUT2D eigenvalue weighted by Crippen LogP contribution is -2.37. The summed E-state index contributed by atoms with van der Waals surface area (Å²) < 4.78 is 12.1. The van der Waals surface area contributed by atoms with Crippen LogP contribution in [0.3, 0.4) is 0 Å². The molecule has 0 unspecified atom stereocenters. The van der Waals surface area contributed by atoms with Crippen LogP contribution >= 0.6 is 0 Å². The number of hydrogen-bond donors (Lipinski definition) is 0. The van der Waals surface area contributed by atoms with Gasteiger partial charge in [0, 0.05) is 37.1 Å². The summed E-state index contributed by atoms with van der Waals surface area (Å²) in [5.41, 5.74) is 1.71. The Bertz CT molecular complexity index is 964. The number of piperidine rings is 1. The van der Waals surface area contributed by atoms with Gasteiger partial charge in [-0.25, -0.2) is 0 Å². The van der Waals surface area contributed by atoms with Crippen LogP contribution in [0.4, 0.5) is 0 Å². The van der Waals surface area contributed by atoms with E-state index in [1.807, 2.05) is 47.4 Å². The predicted molar refractivity (Wildman–Crippen MR) is 117 cm³/mol. The van der Waals surface area contributed by atoms with Crippen LogP contribution in [0, 0.1) is 0 Å². The number of carbonyl (C=O) groups excluding carboxylic acids is 1. The van der Waals surface area contributed by atoms with E-state index in [1.165, 1.54) is 0 Å².